The predicted octanol–water partition coefficient (Wildman–Crippen LogP) is 3.58. The number of aromatic nitrogens is 4. The van der Waals surface area contributed by atoms with E-state index in [1.54, 1.807) is 18.2 Å². The third-order valence-corrected chi connectivity index (χ3v) is 5.81. The second kappa shape index (κ2) is 7.49. The molecule has 2 aromatic heterocycles. The van der Waals surface area contributed by atoms with E-state index in [1.807, 2.05) is 6.07 Å². The van der Waals surface area contributed by atoms with Crippen molar-refractivity contribution in [2.75, 3.05) is 12.4 Å². The zero-order chi connectivity index (χ0) is 21.7. The van der Waals surface area contributed by atoms with Crippen molar-refractivity contribution in [2.24, 2.45) is 0 Å². The van der Waals surface area contributed by atoms with Crippen LogP contribution >= 0.6 is 23.2 Å². The quantitative estimate of drug-likeness (QED) is 0.439. The number of nitrogens with one attached hydrogen (secondary N) is 3. The SMILES string of the molecule is CN1Cc2ccc(Nc3ncc4c(=N)n(-c5c(Cl)cccc5Cl)c(=O)[nH]c4n3)cc2C1. The molecule has 4 aromatic rings. The number of H-pyrrole nitrogens is 1. The Labute approximate surface area is 186 Å². The topological polar surface area (TPSA) is 103 Å². The van der Waals surface area contributed by atoms with E-state index in [1.165, 1.54) is 17.3 Å². The van der Waals surface area contributed by atoms with E-state index in [-0.39, 0.29) is 26.9 Å². The van der Waals surface area contributed by atoms with Crippen molar-refractivity contribution in [3.05, 3.63) is 79.7 Å². The van der Waals surface area contributed by atoms with Crippen molar-refractivity contribution in [3.63, 3.8) is 0 Å². The summed E-state index contributed by atoms with van der Waals surface area (Å²) in [6.07, 6.45) is 1.49. The standard InChI is InChI=1S/C21H17Cl2N7O/c1-29-9-11-5-6-13(7-12(11)10-29)26-20-25-8-14-18(24)30(21(31)28-19(14)27-20)17-15(22)3-2-4-16(17)23/h2-8,24H,9-10H2,1H3,(H2,25,26,27,28,31). The average Bonchev–Trinajstić information content (AvgIpc) is 3.09. The van der Waals surface area contributed by atoms with E-state index in [2.05, 4.69) is 44.3 Å². The van der Waals surface area contributed by atoms with Gasteiger partial charge in [-0.05, 0) is 42.4 Å². The van der Waals surface area contributed by atoms with Crippen LogP contribution in [-0.4, -0.2) is 31.5 Å². The van der Waals surface area contributed by atoms with Crippen LogP contribution in [0.3, 0.4) is 0 Å². The fraction of sp³-hybridized carbons (Fsp3) is 0.143. The van der Waals surface area contributed by atoms with Gasteiger partial charge in [0.25, 0.3) is 0 Å². The van der Waals surface area contributed by atoms with E-state index in [0.717, 1.165) is 23.3 Å². The summed E-state index contributed by atoms with van der Waals surface area (Å²) in [5, 5.41) is 12.6. The van der Waals surface area contributed by atoms with Gasteiger partial charge in [0, 0.05) is 25.0 Å². The van der Waals surface area contributed by atoms with Gasteiger partial charge in [-0.15, -0.1) is 0 Å². The van der Waals surface area contributed by atoms with Crippen molar-refractivity contribution < 1.29 is 0 Å². The van der Waals surface area contributed by atoms with Crippen LogP contribution < -0.4 is 16.5 Å². The Hall–Kier alpha value is -3.20. The fourth-order valence-electron chi connectivity index (χ4n) is 3.78. The fourth-order valence-corrected chi connectivity index (χ4v) is 4.34. The normalized spacial score (nSPS) is 13.5. The lowest BCUT2D eigenvalue weighted by Crippen LogP contribution is -2.34. The maximum atomic E-state index is 12.8. The Bertz CT molecular complexity index is 1440. The number of hydrogen-bond donors (Lipinski definition) is 3. The van der Waals surface area contributed by atoms with Gasteiger partial charge in [0.05, 0.1) is 21.1 Å². The van der Waals surface area contributed by atoms with E-state index in [0.29, 0.717) is 11.3 Å². The van der Waals surface area contributed by atoms with Gasteiger partial charge in [-0.25, -0.2) is 14.3 Å². The van der Waals surface area contributed by atoms with Gasteiger partial charge in [-0.1, -0.05) is 35.3 Å². The van der Waals surface area contributed by atoms with Crippen molar-refractivity contribution in [1.82, 2.24) is 24.4 Å². The van der Waals surface area contributed by atoms with Gasteiger partial charge < -0.3 is 5.32 Å². The molecule has 3 N–H and O–H groups in total. The maximum absolute atomic E-state index is 12.8. The molecule has 0 spiro atoms. The van der Waals surface area contributed by atoms with Crippen LogP contribution in [0.5, 0.6) is 0 Å². The minimum absolute atomic E-state index is 0.110. The minimum Gasteiger partial charge on any atom is -0.324 e. The first kappa shape index (κ1) is 19.7. The van der Waals surface area contributed by atoms with Crippen LogP contribution in [0.1, 0.15) is 11.1 Å². The van der Waals surface area contributed by atoms with Gasteiger partial charge in [0.2, 0.25) is 5.95 Å². The number of halogens is 2. The number of rotatable bonds is 3. The van der Waals surface area contributed by atoms with Gasteiger partial charge in [-0.2, -0.15) is 4.98 Å². The highest BCUT2D eigenvalue weighted by molar-refractivity contribution is 6.37. The molecule has 0 fully saturated rings. The summed E-state index contributed by atoms with van der Waals surface area (Å²) in [5.41, 5.74) is 3.22. The molecule has 0 radical (unpaired) electrons. The first-order chi connectivity index (χ1) is 14.9. The number of benzene rings is 2. The number of nitrogens with zero attached hydrogens (tertiary/aromatic N) is 4. The summed E-state index contributed by atoms with van der Waals surface area (Å²) in [7, 11) is 2.08. The molecular formula is C21H17Cl2N7O. The number of fused-ring (bicyclic) bond motifs is 2. The van der Waals surface area contributed by atoms with Crippen LogP contribution in [0.15, 0.2) is 47.4 Å². The van der Waals surface area contributed by atoms with Crippen molar-refractivity contribution in [2.45, 2.75) is 13.1 Å². The molecule has 2 aromatic carbocycles. The van der Waals surface area contributed by atoms with E-state index < -0.39 is 5.69 Å². The molecule has 0 saturated heterocycles. The third kappa shape index (κ3) is 3.48. The first-order valence-corrected chi connectivity index (χ1v) is 10.2. The van der Waals surface area contributed by atoms with Crippen LogP contribution in [0.2, 0.25) is 10.0 Å². The Morgan fingerprint density at radius 1 is 1.13 bits per heavy atom. The lowest BCUT2D eigenvalue weighted by molar-refractivity contribution is 0.353. The lowest BCUT2D eigenvalue weighted by atomic mass is 10.1. The molecule has 0 saturated carbocycles. The van der Waals surface area contributed by atoms with Gasteiger partial charge in [-0.3, -0.25) is 15.3 Å². The minimum atomic E-state index is -0.572. The Balaban J connectivity index is 1.56. The molecule has 8 nitrogen and oxygen atoms in total. The largest absolute Gasteiger partial charge is 0.333 e. The summed E-state index contributed by atoms with van der Waals surface area (Å²) >= 11 is 12.5. The molecule has 0 bridgehead atoms. The highest BCUT2D eigenvalue weighted by Crippen LogP contribution is 2.27. The van der Waals surface area contributed by atoms with Gasteiger partial charge in [0.1, 0.15) is 5.49 Å². The second-order valence-corrected chi connectivity index (χ2v) is 8.24. The smallest absolute Gasteiger partial charge is 0.324 e. The predicted molar refractivity (Wildman–Crippen MR) is 120 cm³/mol. The van der Waals surface area contributed by atoms with Crippen molar-refractivity contribution in [3.8, 4) is 5.69 Å². The highest BCUT2D eigenvalue weighted by atomic mass is 35.5. The zero-order valence-corrected chi connectivity index (χ0v) is 17.9. The molecular weight excluding hydrogens is 437 g/mol. The van der Waals surface area contributed by atoms with Crippen LogP contribution in [0.25, 0.3) is 16.7 Å². The van der Waals surface area contributed by atoms with E-state index >= 15 is 0 Å². The number of anilines is 2. The Morgan fingerprint density at radius 2 is 1.87 bits per heavy atom. The second-order valence-electron chi connectivity index (χ2n) is 7.42. The molecule has 10 heteroatoms. The summed E-state index contributed by atoms with van der Waals surface area (Å²) in [6.45, 7) is 1.83. The van der Waals surface area contributed by atoms with E-state index in [9.17, 15) is 4.79 Å². The van der Waals surface area contributed by atoms with Crippen molar-refractivity contribution >= 4 is 45.9 Å². The van der Waals surface area contributed by atoms with Gasteiger partial charge in [0.15, 0.2) is 5.65 Å². The average molecular weight is 454 g/mol. The molecule has 1 aliphatic rings. The molecule has 0 amide bonds. The maximum Gasteiger partial charge on any atom is 0.333 e. The zero-order valence-electron chi connectivity index (χ0n) is 16.4. The number of para-hydroxylation sites is 1. The van der Waals surface area contributed by atoms with Crippen LogP contribution in [0.4, 0.5) is 11.6 Å². The number of aromatic amines is 1. The molecule has 3 heterocycles. The van der Waals surface area contributed by atoms with Crippen molar-refractivity contribution in [1.29, 1.82) is 5.41 Å². The summed E-state index contributed by atoms with van der Waals surface area (Å²) < 4.78 is 1.11. The molecule has 31 heavy (non-hydrogen) atoms. The summed E-state index contributed by atoms with van der Waals surface area (Å²) in [5.74, 6) is 0.322. The van der Waals surface area contributed by atoms with Gasteiger partial charge >= 0.3 is 5.69 Å². The van der Waals surface area contributed by atoms with Crippen LogP contribution in [0, 0.1) is 5.41 Å². The monoisotopic (exact) mass is 453 g/mol. The first-order valence-electron chi connectivity index (χ1n) is 9.49. The third-order valence-electron chi connectivity index (χ3n) is 5.20. The summed E-state index contributed by atoms with van der Waals surface area (Å²) in [4.78, 5) is 26.4. The molecule has 5 rings (SSSR count). The Kier molecular flexibility index (Phi) is 4.77. The molecule has 1 aliphatic heterocycles. The van der Waals surface area contributed by atoms with Crippen LogP contribution in [-0.2, 0) is 13.1 Å². The molecule has 0 aliphatic carbocycles. The lowest BCUT2D eigenvalue weighted by Gasteiger charge is -2.12. The Morgan fingerprint density at radius 3 is 2.65 bits per heavy atom. The summed E-state index contributed by atoms with van der Waals surface area (Å²) in [6, 6.07) is 11.0. The molecule has 156 valence electrons. The highest BCUT2D eigenvalue weighted by Gasteiger charge is 2.17. The van der Waals surface area contributed by atoms with E-state index in [4.69, 9.17) is 28.6 Å². The number of hydrogen-bond acceptors (Lipinski definition) is 6. The molecule has 0 atom stereocenters. The molecule has 0 unspecified atom stereocenters.